The number of nitrogens with one attached hydrogen (secondary N) is 1. The highest BCUT2D eigenvalue weighted by Gasteiger charge is 2.43. The number of H-pyrrole nitrogens is 1. The topological polar surface area (TPSA) is 294 Å². The van der Waals surface area contributed by atoms with Gasteiger partial charge >= 0.3 is 23.5 Å². The first-order valence-electron chi connectivity index (χ1n) is 8.67. The van der Waals surface area contributed by atoms with Crippen LogP contribution in [-0.4, -0.2) is 64.6 Å². The lowest BCUT2D eigenvalue weighted by Crippen LogP contribution is -2.30. The van der Waals surface area contributed by atoms with E-state index in [2.05, 4.69) is 28.1 Å². The molecule has 1 saturated heterocycles. The molecule has 0 radical (unpaired) electrons. The van der Waals surface area contributed by atoms with Crippen LogP contribution < -0.4 is 17.0 Å². The zero-order valence-corrected chi connectivity index (χ0v) is 18.9. The van der Waals surface area contributed by atoms with Gasteiger partial charge in [-0.05, 0) is 0 Å². The second-order valence-corrected chi connectivity index (χ2v) is 10.8. The number of nitrogen functional groups attached to an aromatic ring is 1. The van der Waals surface area contributed by atoms with Crippen LogP contribution in [-0.2, 0) is 36.3 Å². The lowest BCUT2D eigenvalue weighted by molar-refractivity contribution is -0.0583. The predicted molar refractivity (Wildman–Crippen MR) is 105 cm³/mol. The van der Waals surface area contributed by atoms with E-state index < -0.39 is 54.1 Å². The molecule has 0 spiro atoms. The summed E-state index contributed by atoms with van der Waals surface area (Å²) in [5.74, 6) is -0.175. The van der Waals surface area contributed by atoms with E-state index >= 15 is 0 Å². The number of nitrogens with two attached hydrogens (primary N) is 2. The zero-order valence-electron chi connectivity index (χ0n) is 16.2. The Labute approximate surface area is 183 Å². The summed E-state index contributed by atoms with van der Waals surface area (Å²) in [6.07, 6.45) is -1.46. The summed E-state index contributed by atoms with van der Waals surface area (Å²) in [7, 11) is -16.6. The van der Waals surface area contributed by atoms with Crippen LogP contribution in [0, 0.1) is 0 Å². The number of rotatable bonds is 10. The Kier molecular flexibility index (Phi) is 7.57. The van der Waals surface area contributed by atoms with Gasteiger partial charge in [-0.25, -0.2) is 18.7 Å². The highest BCUT2D eigenvalue weighted by atomic mass is 31.3. The van der Waals surface area contributed by atoms with Gasteiger partial charge in [-0.1, -0.05) is 0 Å². The van der Waals surface area contributed by atoms with Gasteiger partial charge in [0.15, 0.2) is 11.2 Å². The number of phosphoric acid groups is 3. The third-order valence-corrected chi connectivity index (χ3v) is 7.87. The summed E-state index contributed by atoms with van der Waals surface area (Å²) in [5, 5.41) is 0. The van der Waals surface area contributed by atoms with Gasteiger partial charge in [0, 0.05) is 6.42 Å². The summed E-state index contributed by atoms with van der Waals surface area (Å²) >= 11 is 0. The fraction of sp³-hybridized carbons (Fsp3) is 0.545. The van der Waals surface area contributed by atoms with Gasteiger partial charge in [-0.15, -0.1) is 0 Å². The number of aromatic amines is 1. The second kappa shape index (κ2) is 9.59. The number of ether oxygens (including phenoxy) is 2. The number of hydrogen-bond acceptors (Lipinski definition) is 13. The van der Waals surface area contributed by atoms with Gasteiger partial charge in [-0.2, -0.15) is 13.6 Å². The van der Waals surface area contributed by atoms with Gasteiger partial charge < -0.3 is 40.5 Å². The lowest BCUT2D eigenvalue weighted by atomic mass is 10.2. The van der Waals surface area contributed by atoms with E-state index in [-0.39, 0.29) is 30.3 Å². The van der Waals surface area contributed by atoms with E-state index in [9.17, 15) is 28.3 Å². The molecule has 5 atom stereocenters. The Morgan fingerprint density at radius 3 is 2.55 bits per heavy atom. The SMILES string of the molecule is NCOC1CC(n2cnc3c(=O)[nH]c(N)nc32)OC1COP(=O)(O)OP(=O)(O)OP(=O)(O)O. The van der Waals surface area contributed by atoms with E-state index in [0.29, 0.717) is 0 Å². The molecule has 5 unspecified atom stereocenters. The molecule has 0 bridgehead atoms. The summed E-state index contributed by atoms with van der Waals surface area (Å²) in [5.41, 5.74) is 10.4. The largest absolute Gasteiger partial charge is 0.490 e. The van der Waals surface area contributed by atoms with Crippen LogP contribution in [0.2, 0.25) is 0 Å². The molecule has 0 saturated carbocycles. The molecular weight excluding hydrogens is 517 g/mol. The first-order chi connectivity index (χ1) is 15.2. The molecule has 9 N–H and O–H groups in total. The molecule has 2 aromatic rings. The van der Waals surface area contributed by atoms with Gasteiger partial charge in [0.1, 0.15) is 12.3 Å². The summed E-state index contributed by atoms with van der Waals surface area (Å²) in [4.78, 5) is 58.1. The van der Waals surface area contributed by atoms with Crippen LogP contribution in [0.4, 0.5) is 5.95 Å². The Hall–Kier alpha value is -1.56. The van der Waals surface area contributed by atoms with Crippen LogP contribution in [0.3, 0.4) is 0 Å². The number of phosphoric ester groups is 1. The standard InChI is InChI=1S/C11H19N6O13P3/c12-3-26-5-1-7(17-4-14-8-9(17)15-11(13)16-10(8)18)28-6(5)2-27-32(22,23)30-33(24,25)29-31(19,20)21/h4-7H,1-3,12H2,(H,22,23)(H,24,25)(H2,19,20,21)(H3,13,15,16,18). The van der Waals surface area contributed by atoms with E-state index in [0.717, 1.165) is 0 Å². The molecule has 19 nitrogen and oxygen atoms in total. The van der Waals surface area contributed by atoms with Crippen LogP contribution in [0.25, 0.3) is 11.2 Å². The van der Waals surface area contributed by atoms with E-state index in [1.165, 1.54) is 10.9 Å². The van der Waals surface area contributed by atoms with Crippen molar-refractivity contribution in [2.45, 2.75) is 24.9 Å². The zero-order chi connectivity index (χ0) is 24.6. The van der Waals surface area contributed by atoms with Crippen molar-refractivity contribution in [1.29, 1.82) is 0 Å². The highest BCUT2D eigenvalue weighted by Crippen LogP contribution is 2.66. The van der Waals surface area contributed by atoms with Crippen molar-refractivity contribution in [3.8, 4) is 0 Å². The molecule has 3 rings (SSSR count). The number of nitrogens with zero attached hydrogens (tertiary/aromatic N) is 3. The van der Waals surface area contributed by atoms with Crippen LogP contribution in [0.1, 0.15) is 12.6 Å². The third kappa shape index (κ3) is 6.74. The number of fused-ring (bicyclic) bond motifs is 1. The Morgan fingerprint density at radius 2 is 1.91 bits per heavy atom. The smallest absolute Gasteiger partial charge is 0.369 e. The normalized spacial score (nSPS) is 25.2. The Bertz CT molecular complexity index is 1210. The molecule has 1 aliphatic rings. The molecule has 33 heavy (non-hydrogen) atoms. The van der Waals surface area contributed by atoms with Crippen molar-refractivity contribution < 1.29 is 55.9 Å². The van der Waals surface area contributed by atoms with E-state index in [1.807, 2.05) is 0 Å². The van der Waals surface area contributed by atoms with Crippen molar-refractivity contribution in [2.24, 2.45) is 5.73 Å². The number of imidazole rings is 1. The van der Waals surface area contributed by atoms with Crippen LogP contribution >= 0.6 is 23.5 Å². The lowest BCUT2D eigenvalue weighted by Gasteiger charge is -2.20. The van der Waals surface area contributed by atoms with Gasteiger partial charge in [-0.3, -0.25) is 18.9 Å². The van der Waals surface area contributed by atoms with Crippen LogP contribution in [0.5, 0.6) is 0 Å². The van der Waals surface area contributed by atoms with Gasteiger partial charge in [0.05, 0.1) is 25.8 Å². The number of aromatic nitrogens is 4. The van der Waals surface area contributed by atoms with Crippen molar-refractivity contribution in [1.82, 2.24) is 19.5 Å². The molecule has 2 aromatic heterocycles. The summed E-state index contributed by atoms with van der Waals surface area (Å²) < 4.78 is 58.3. The fourth-order valence-electron chi connectivity index (χ4n) is 2.94. The van der Waals surface area contributed by atoms with Crippen molar-refractivity contribution in [3.63, 3.8) is 0 Å². The first kappa shape index (κ1) is 26.1. The average molecular weight is 536 g/mol. The first-order valence-corrected chi connectivity index (χ1v) is 13.2. The van der Waals surface area contributed by atoms with E-state index in [1.54, 1.807) is 0 Å². The maximum absolute atomic E-state index is 11.9. The highest BCUT2D eigenvalue weighted by molar-refractivity contribution is 7.66. The summed E-state index contributed by atoms with van der Waals surface area (Å²) in [6, 6.07) is 0. The minimum absolute atomic E-state index is 0.0270. The minimum atomic E-state index is -5.67. The molecule has 1 aliphatic heterocycles. The predicted octanol–water partition coefficient (Wildman–Crippen LogP) is -1.37. The molecule has 0 amide bonds. The molecule has 3 heterocycles. The molecule has 0 aliphatic carbocycles. The second-order valence-electron chi connectivity index (χ2n) is 6.40. The van der Waals surface area contributed by atoms with Crippen LogP contribution in [0.15, 0.2) is 11.1 Å². The van der Waals surface area contributed by atoms with Crippen molar-refractivity contribution in [3.05, 3.63) is 16.7 Å². The number of anilines is 1. The Morgan fingerprint density at radius 1 is 1.21 bits per heavy atom. The molecule has 22 heteroatoms. The van der Waals surface area contributed by atoms with E-state index in [4.69, 9.17) is 30.7 Å². The maximum Gasteiger partial charge on any atom is 0.490 e. The maximum atomic E-state index is 11.9. The number of hydrogen-bond donors (Lipinski definition) is 7. The molecular formula is C11H19N6O13P3. The third-order valence-electron chi connectivity index (χ3n) is 4.07. The molecule has 0 aromatic carbocycles. The average Bonchev–Trinajstić information content (AvgIpc) is 3.21. The van der Waals surface area contributed by atoms with Gasteiger partial charge in [0.25, 0.3) is 5.56 Å². The molecule has 186 valence electrons. The summed E-state index contributed by atoms with van der Waals surface area (Å²) in [6.45, 7) is -1.03. The monoisotopic (exact) mass is 536 g/mol. The minimum Gasteiger partial charge on any atom is -0.369 e. The Balaban J connectivity index is 1.73. The molecule has 1 fully saturated rings. The van der Waals surface area contributed by atoms with Gasteiger partial charge in [0.2, 0.25) is 5.95 Å². The van der Waals surface area contributed by atoms with Crippen molar-refractivity contribution >= 4 is 40.6 Å². The fourth-order valence-corrected chi connectivity index (χ4v) is 5.97. The van der Waals surface area contributed by atoms with Crippen molar-refractivity contribution in [2.75, 3.05) is 19.1 Å². The quantitative estimate of drug-likeness (QED) is 0.136.